The Kier molecular flexibility index (Phi) is 5.05. The van der Waals surface area contributed by atoms with Gasteiger partial charge in [0.25, 0.3) is 0 Å². The molecule has 4 aromatic rings. The van der Waals surface area contributed by atoms with Crippen molar-refractivity contribution >= 4 is 51.3 Å². The molecule has 0 saturated heterocycles. The monoisotopic (exact) mass is 395 g/mol. The molecule has 0 amide bonds. The highest BCUT2D eigenvalue weighted by Gasteiger charge is 2.04. The van der Waals surface area contributed by atoms with Gasteiger partial charge in [0.1, 0.15) is 5.82 Å². The van der Waals surface area contributed by atoms with Crippen molar-refractivity contribution in [3.05, 3.63) is 82.9 Å². The van der Waals surface area contributed by atoms with Gasteiger partial charge in [0, 0.05) is 40.7 Å². The van der Waals surface area contributed by atoms with Crippen molar-refractivity contribution in [3.8, 4) is 0 Å². The van der Waals surface area contributed by atoms with Crippen LogP contribution in [0.15, 0.2) is 67.0 Å². The van der Waals surface area contributed by atoms with Crippen LogP contribution in [0.4, 0.5) is 17.2 Å². The molecule has 0 aliphatic heterocycles. The summed E-state index contributed by atoms with van der Waals surface area (Å²) in [7, 11) is 0. The molecule has 0 unspecified atom stereocenters. The molecule has 7 heteroatoms. The maximum atomic E-state index is 6.06. The molecule has 2 aromatic heterocycles. The van der Waals surface area contributed by atoms with Crippen molar-refractivity contribution in [1.29, 1.82) is 0 Å². The molecule has 0 aliphatic rings. The molecule has 134 valence electrons. The molecular formula is C20H15Cl2N5. The summed E-state index contributed by atoms with van der Waals surface area (Å²) in [6.45, 7) is 0.621. The Labute approximate surface area is 166 Å². The van der Waals surface area contributed by atoms with E-state index in [4.69, 9.17) is 23.2 Å². The lowest BCUT2D eigenvalue weighted by Gasteiger charge is -2.11. The van der Waals surface area contributed by atoms with Crippen LogP contribution in [-0.2, 0) is 6.54 Å². The molecule has 0 radical (unpaired) electrons. The number of nitrogens with one attached hydrogen (secondary N) is 2. The average Bonchev–Trinajstić information content (AvgIpc) is 2.67. The first-order chi connectivity index (χ1) is 13.2. The summed E-state index contributed by atoms with van der Waals surface area (Å²) in [6.07, 6.45) is 3.39. The minimum atomic E-state index is 0.222. The third kappa shape index (κ3) is 4.27. The molecule has 2 heterocycles. The van der Waals surface area contributed by atoms with E-state index in [1.807, 2.05) is 42.5 Å². The number of halogens is 2. The van der Waals surface area contributed by atoms with Gasteiger partial charge in [-0.25, -0.2) is 9.97 Å². The van der Waals surface area contributed by atoms with Gasteiger partial charge in [-0.05, 0) is 59.6 Å². The van der Waals surface area contributed by atoms with E-state index >= 15 is 0 Å². The van der Waals surface area contributed by atoms with Gasteiger partial charge in [-0.15, -0.1) is 0 Å². The number of fused-ring (bicyclic) bond motifs is 1. The Morgan fingerprint density at radius 2 is 1.78 bits per heavy atom. The molecule has 0 fully saturated rings. The third-order valence-electron chi connectivity index (χ3n) is 4.01. The van der Waals surface area contributed by atoms with Gasteiger partial charge in [-0.1, -0.05) is 23.7 Å². The molecule has 4 rings (SSSR count). The summed E-state index contributed by atoms with van der Waals surface area (Å²) in [6, 6.07) is 17.6. The van der Waals surface area contributed by atoms with Crippen molar-refractivity contribution in [2.24, 2.45) is 0 Å². The molecule has 0 saturated carbocycles. The smallest absolute Gasteiger partial charge is 0.224 e. The molecule has 0 atom stereocenters. The van der Waals surface area contributed by atoms with Gasteiger partial charge in [-0.3, -0.25) is 4.98 Å². The van der Waals surface area contributed by atoms with Crippen LogP contribution in [0, 0.1) is 0 Å². The number of hydrogen-bond acceptors (Lipinski definition) is 5. The summed E-state index contributed by atoms with van der Waals surface area (Å²) in [5.41, 5.74) is 3.92. The zero-order chi connectivity index (χ0) is 18.6. The van der Waals surface area contributed by atoms with Gasteiger partial charge in [-0.2, -0.15) is 0 Å². The topological polar surface area (TPSA) is 62.7 Å². The highest BCUT2D eigenvalue weighted by atomic mass is 35.5. The van der Waals surface area contributed by atoms with Crippen LogP contribution in [0.5, 0.6) is 0 Å². The van der Waals surface area contributed by atoms with E-state index in [-0.39, 0.29) is 5.28 Å². The van der Waals surface area contributed by atoms with Gasteiger partial charge in [0.2, 0.25) is 5.28 Å². The Bertz CT molecular complexity index is 1100. The van der Waals surface area contributed by atoms with Gasteiger partial charge < -0.3 is 10.6 Å². The van der Waals surface area contributed by atoms with Crippen LogP contribution in [0.3, 0.4) is 0 Å². The van der Waals surface area contributed by atoms with Crippen LogP contribution in [0.1, 0.15) is 5.56 Å². The Morgan fingerprint density at radius 3 is 2.67 bits per heavy atom. The Balaban J connectivity index is 1.53. The summed E-state index contributed by atoms with van der Waals surface area (Å²) < 4.78 is 0. The van der Waals surface area contributed by atoms with Crippen LogP contribution in [-0.4, -0.2) is 15.0 Å². The number of nitrogens with zero attached hydrogens (tertiary/aromatic N) is 3. The number of anilines is 3. The average molecular weight is 396 g/mol. The second-order valence-corrected chi connectivity index (χ2v) is 6.68. The molecule has 0 bridgehead atoms. The maximum Gasteiger partial charge on any atom is 0.224 e. The van der Waals surface area contributed by atoms with E-state index in [9.17, 15) is 0 Å². The van der Waals surface area contributed by atoms with Crippen molar-refractivity contribution in [2.45, 2.75) is 6.54 Å². The number of benzene rings is 2. The zero-order valence-electron chi connectivity index (χ0n) is 14.2. The molecule has 2 N–H and O–H groups in total. The maximum absolute atomic E-state index is 6.06. The normalized spacial score (nSPS) is 10.7. The van der Waals surface area contributed by atoms with E-state index in [1.54, 1.807) is 18.5 Å². The fourth-order valence-electron chi connectivity index (χ4n) is 2.77. The Morgan fingerprint density at radius 1 is 0.889 bits per heavy atom. The van der Waals surface area contributed by atoms with E-state index in [1.165, 1.54) is 0 Å². The Hall–Kier alpha value is -2.89. The number of pyridine rings is 1. The summed E-state index contributed by atoms with van der Waals surface area (Å²) >= 11 is 11.9. The lowest BCUT2D eigenvalue weighted by Crippen LogP contribution is -2.02. The van der Waals surface area contributed by atoms with E-state index in [0.717, 1.165) is 27.8 Å². The SMILES string of the molecule is Clc1ccc2c(Nc3cccc(CNc4ccnc(Cl)n4)c3)ccnc2c1. The lowest BCUT2D eigenvalue weighted by molar-refractivity contribution is 1.08. The quantitative estimate of drug-likeness (QED) is 0.425. The van der Waals surface area contributed by atoms with Crippen molar-refractivity contribution < 1.29 is 0 Å². The van der Waals surface area contributed by atoms with Gasteiger partial charge in [0.05, 0.1) is 5.52 Å². The molecule has 0 spiro atoms. The molecule has 5 nitrogen and oxygen atoms in total. The largest absolute Gasteiger partial charge is 0.366 e. The van der Waals surface area contributed by atoms with Crippen LogP contribution < -0.4 is 10.6 Å². The van der Waals surface area contributed by atoms with E-state index < -0.39 is 0 Å². The van der Waals surface area contributed by atoms with Crippen LogP contribution in [0.25, 0.3) is 10.9 Å². The second-order valence-electron chi connectivity index (χ2n) is 5.91. The number of rotatable bonds is 5. The fourth-order valence-corrected chi connectivity index (χ4v) is 3.08. The number of hydrogen-bond donors (Lipinski definition) is 2. The summed E-state index contributed by atoms with van der Waals surface area (Å²) in [5, 5.41) is 8.61. The lowest BCUT2D eigenvalue weighted by atomic mass is 10.1. The molecule has 0 aliphatic carbocycles. The van der Waals surface area contributed by atoms with Crippen LogP contribution in [0.2, 0.25) is 10.3 Å². The summed E-state index contributed by atoms with van der Waals surface area (Å²) in [5.74, 6) is 0.686. The molecular weight excluding hydrogens is 381 g/mol. The van der Waals surface area contributed by atoms with E-state index in [2.05, 4.69) is 31.7 Å². The number of aromatic nitrogens is 3. The van der Waals surface area contributed by atoms with Crippen molar-refractivity contribution in [3.63, 3.8) is 0 Å². The first-order valence-corrected chi connectivity index (χ1v) is 9.06. The fraction of sp³-hybridized carbons (Fsp3) is 0.0500. The third-order valence-corrected chi connectivity index (χ3v) is 4.43. The highest BCUT2D eigenvalue weighted by molar-refractivity contribution is 6.31. The van der Waals surface area contributed by atoms with Gasteiger partial charge in [0.15, 0.2) is 0 Å². The van der Waals surface area contributed by atoms with Crippen LogP contribution >= 0.6 is 23.2 Å². The molecule has 2 aromatic carbocycles. The van der Waals surface area contributed by atoms with Crippen molar-refractivity contribution in [1.82, 2.24) is 15.0 Å². The second kappa shape index (κ2) is 7.78. The van der Waals surface area contributed by atoms with Gasteiger partial charge >= 0.3 is 0 Å². The highest BCUT2D eigenvalue weighted by Crippen LogP contribution is 2.27. The standard InChI is InChI=1S/C20H15Cl2N5/c21-14-4-5-16-17(6-8-23-18(16)11-14)26-15-3-1-2-13(10-15)12-25-19-7-9-24-20(22)27-19/h1-11H,12H2,(H,23,26)(H,24,25,27). The summed E-state index contributed by atoms with van der Waals surface area (Å²) in [4.78, 5) is 12.4. The van der Waals surface area contributed by atoms with E-state index in [0.29, 0.717) is 17.4 Å². The molecule has 27 heavy (non-hydrogen) atoms. The predicted octanol–water partition coefficient (Wildman–Crippen LogP) is 5.69. The first kappa shape index (κ1) is 17.5. The predicted molar refractivity (Wildman–Crippen MR) is 111 cm³/mol. The first-order valence-electron chi connectivity index (χ1n) is 8.30. The zero-order valence-corrected chi connectivity index (χ0v) is 15.7. The minimum Gasteiger partial charge on any atom is -0.366 e. The minimum absolute atomic E-state index is 0.222. The van der Waals surface area contributed by atoms with Crippen molar-refractivity contribution in [2.75, 3.05) is 10.6 Å².